The van der Waals surface area contributed by atoms with Crippen molar-refractivity contribution < 1.29 is 9.13 Å². The maximum absolute atomic E-state index is 12.6. The average molecular weight is 164 g/mol. The summed E-state index contributed by atoms with van der Waals surface area (Å²) in [5.41, 5.74) is 0.797. The third-order valence-corrected chi connectivity index (χ3v) is 1.34. The lowest BCUT2D eigenvalue weighted by Crippen LogP contribution is -1.92. The zero-order valence-corrected chi connectivity index (χ0v) is 6.59. The second-order valence-corrected chi connectivity index (χ2v) is 2.33. The smallest absolute Gasteiger partial charge is 0.123 e. The third-order valence-electron chi connectivity index (χ3n) is 1.34. The molecule has 12 heavy (non-hydrogen) atoms. The second-order valence-electron chi connectivity index (χ2n) is 2.33. The first-order chi connectivity index (χ1) is 5.83. The van der Waals surface area contributed by atoms with Crippen LogP contribution in [0.25, 0.3) is 0 Å². The molecule has 0 radical (unpaired) electrons. The van der Waals surface area contributed by atoms with Crippen molar-refractivity contribution in [1.82, 2.24) is 0 Å². The van der Waals surface area contributed by atoms with Crippen LogP contribution in [-0.2, 0) is 11.3 Å². The summed E-state index contributed by atoms with van der Waals surface area (Å²) in [5.74, 6) is 2.08. The molecule has 0 fully saturated rings. The van der Waals surface area contributed by atoms with Crippen molar-refractivity contribution in [2.45, 2.75) is 6.61 Å². The summed E-state index contributed by atoms with van der Waals surface area (Å²) in [6, 6.07) is 6.25. The summed E-state index contributed by atoms with van der Waals surface area (Å²) in [6.45, 7) is 0.623. The van der Waals surface area contributed by atoms with E-state index in [9.17, 15) is 4.39 Å². The molecule has 0 saturated carbocycles. The Morgan fingerprint density at radius 3 is 3.00 bits per heavy atom. The van der Waals surface area contributed by atoms with E-state index in [0.29, 0.717) is 6.61 Å². The van der Waals surface area contributed by atoms with Crippen molar-refractivity contribution in [3.05, 3.63) is 35.6 Å². The highest BCUT2D eigenvalue weighted by Gasteiger charge is 1.93. The van der Waals surface area contributed by atoms with Crippen molar-refractivity contribution in [3.8, 4) is 12.3 Å². The highest BCUT2D eigenvalue weighted by Crippen LogP contribution is 2.04. The molecule has 62 valence electrons. The Bertz CT molecular complexity index is 288. The van der Waals surface area contributed by atoms with Crippen LogP contribution in [0.3, 0.4) is 0 Å². The van der Waals surface area contributed by atoms with E-state index in [-0.39, 0.29) is 12.4 Å². The van der Waals surface area contributed by atoms with Crippen molar-refractivity contribution >= 4 is 0 Å². The van der Waals surface area contributed by atoms with Gasteiger partial charge in [-0.2, -0.15) is 0 Å². The number of terminal acetylenes is 1. The molecule has 0 spiro atoms. The molecule has 0 aromatic heterocycles. The normalized spacial score (nSPS) is 9.33. The molecule has 1 aromatic carbocycles. The minimum atomic E-state index is -0.253. The van der Waals surface area contributed by atoms with Crippen LogP contribution >= 0.6 is 0 Å². The molecule has 0 bridgehead atoms. The van der Waals surface area contributed by atoms with Crippen LogP contribution in [0.15, 0.2) is 24.3 Å². The lowest BCUT2D eigenvalue weighted by Gasteiger charge is -1.99. The van der Waals surface area contributed by atoms with Gasteiger partial charge in [-0.25, -0.2) is 4.39 Å². The molecule has 0 aliphatic heterocycles. The summed E-state index contributed by atoms with van der Waals surface area (Å²) < 4.78 is 17.6. The average Bonchev–Trinajstić information content (AvgIpc) is 2.05. The third kappa shape index (κ3) is 2.73. The maximum atomic E-state index is 12.6. The summed E-state index contributed by atoms with van der Waals surface area (Å²) in [6.07, 6.45) is 4.97. The van der Waals surface area contributed by atoms with Gasteiger partial charge in [-0.15, -0.1) is 6.42 Å². The molecule has 1 nitrogen and oxygen atoms in total. The zero-order chi connectivity index (χ0) is 8.81. The molecular formula is C10H9FO. The molecule has 0 heterocycles. The number of hydrogen-bond acceptors (Lipinski definition) is 1. The Balaban J connectivity index is 2.48. The maximum Gasteiger partial charge on any atom is 0.123 e. The lowest BCUT2D eigenvalue weighted by atomic mass is 10.2. The molecule has 0 saturated heterocycles. The summed E-state index contributed by atoms with van der Waals surface area (Å²) in [7, 11) is 0. The quantitative estimate of drug-likeness (QED) is 0.490. The first-order valence-corrected chi connectivity index (χ1v) is 3.58. The van der Waals surface area contributed by atoms with Gasteiger partial charge in [0.05, 0.1) is 6.61 Å². The van der Waals surface area contributed by atoms with Crippen LogP contribution < -0.4 is 0 Å². The zero-order valence-electron chi connectivity index (χ0n) is 6.59. The largest absolute Gasteiger partial charge is 0.364 e. The second kappa shape index (κ2) is 4.53. The van der Waals surface area contributed by atoms with Gasteiger partial charge in [0.1, 0.15) is 12.4 Å². The molecule has 0 aliphatic carbocycles. The predicted molar refractivity (Wildman–Crippen MR) is 44.9 cm³/mol. The van der Waals surface area contributed by atoms with Gasteiger partial charge >= 0.3 is 0 Å². The minimum Gasteiger partial charge on any atom is -0.364 e. The minimum absolute atomic E-state index is 0.253. The monoisotopic (exact) mass is 164 g/mol. The van der Waals surface area contributed by atoms with E-state index < -0.39 is 0 Å². The molecule has 0 amide bonds. The number of ether oxygens (including phenoxy) is 1. The fourth-order valence-electron chi connectivity index (χ4n) is 0.855. The highest BCUT2D eigenvalue weighted by molar-refractivity contribution is 5.15. The van der Waals surface area contributed by atoms with Gasteiger partial charge in [0, 0.05) is 0 Å². The van der Waals surface area contributed by atoms with Gasteiger partial charge in [0.15, 0.2) is 0 Å². The Kier molecular flexibility index (Phi) is 3.31. The van der Waals surface area contributed by atoms with Gasteiger partial charge in [-0.1, -0.05) is 18.1 Å². The molecule has 2 heteroatoms. The van der Waals surface area contributed by atoms with Crippen molar-refractivity contribution in [2.75, 3.05) is 6.61 Å². The molecule has 0 aliphatic rings. The lowest BCUT2D eigenvalue weighted by molar-refractivity contribution is 0.153. The van der Waals surface area contributed by atoms with Gasteiger partial charge in [0.25, 0.3) is 0 Å². The summed E-state index contributed by atoms with van der Waals surface area (Å²) >= 11 is 0. The standard InChI is InChI=1S/C10H9FO/c1-2-6-12-8-9-4-3-5-10(11)7-9/h1,3-5,7H,6,8H2. The molecule has 0 atom stereocenters. The van der Waals surface area contributed by atoms with Crippen LogP contribution in [0, 0.1) is 18.2 Å². The van der Waals surface area contributed by atoms with E-state index in [2.05, 4.69) is 5.92 Å². The number of hydrogen-bond donors (Lipinski definition) is 0. The van der Waals surface area contributed by atoms with Crippen molar-refractivity contribution in [3.63, 3.8) is 0 Å². The molecule has 0 N–H and O–H groups in total. The van der Waals surface area contributed by atoms with E-state index in [1.807, 2.05) is 0 Å². The van der Waals surface area contributed by atoms with Crippen LogP contribution in [0.2, 0.25) is 0 Å². The van der Waals surface area contributed by atoms with Gasteiger partial charge in [-0.05, 0) is 17.7 Å². The summed E-state index contributed by atoms with van der Waals surface area (Å²) in [5, 5.41) is 0. The van der Waals surface area contributed by atoms with Crippen molar-refractivity contribution in [2.24, 2.45) is 0 Å². The number of benzene rings is 1. The van der Waals surface area contributed by atoms with E-state index in [1.54, 1.807) is 12.1 Å². The van der Waals surface area contributed by atoms with Gasteiger partial charge in [0.2, 0.25) is 0 Å². The molecule has 0 unspecified atom stereocenters. The fraction of sp³-hybridized carbons (Fsp3) is 0.200. The van der Waals surface area contributed by atoms with Crippen LogP contribution in [0.1, 0.15) is 5.56 Å². The highest BCUT2D eigenvalue weighted by atomic mass is 19.1. The number of halogens is 1. The van der Waals surface area contributed by atoms with Crippen LogP contribution in [-0.4, -0.2) is 6.61 Å². The Morgan fingerprint density at radius 2 is 2.33 bits per heavy atom. The molecule has 1 aromatic rings. The fourth-order valence-corrected chi connectivity index (χ4v) is 0.855. The predicted octanol–water partition coefficient (Wildman–Crippen LogP) is 1.98. The van der Waals surface area contributed by atoms with E-state index in [1.165, 1.54) is 12.1 Å². The van der Waals surface area contributed by atoms with Crippen molar-refractivity contribution in [1.29, 1.82) is 0 Å². The Morgan fingerprint density at radius 1 is 1.50 bits per heavy atom. The van der Waals surface area contributed by atoms with Crippen LogP contribution in [0.5, 0.6) is 0 Å². The van der Waals surface area contributed by atoms with Crippen LogP contribution in [0.4, 0.5) is 4.39 Å². The van der Waals surface area contributed by atoms with Gasteiger partial charge < -0.3 is 4.74 Å². The van der Waals surface area contributed by atoms with E-state index in [4.69, 9.17) is 11.2 Å². The topological polar surface area (TPSA) is 9.23 Å². The number of rotatable bonds is 3. The first-order valence-electron chi connectivity index (χ1n) is 3.58. The Hall–Kier alpha value is -1.33. The molecular weight excluding hydrogens is 155 g/mol. The Labute approximate surface area is 71.2 Å². The first kappa shape index (κ1) is 8.76. The van der Waals surface area contributed by atoms with E-state index >= 15 is 0 Å². The SMILES string of the molecule is C#CCOCc1cccc(F)c1. The van der Waals surface area contributed by atoms with E-state index in [0.717, 1.165) is 5.56 Å². The molecule has 1 rings (SSSR count). The summed E-state index contributed by atoms with van der Waals surface area (Å²) in [4.78, 5) is 0. The van der Waals surface area contributed by atoms with Gasteiger partial charge in [-0.3, -0.25) is 0 Å².